The molecule has 27 heavy (non-hydrogen) atoms. The number of nitrogens with zero attached hydrogens (tertiary/aromatic N) is 3. The van der Waals surface area contributed by atoms with Crippen LogP contribution >= 0.6 is 0 Å². The Hall–Kier alpha value is -4.07. The maximum absolute atomic E-state index is 12.3. The number of nitro benzene ring substituents is 1. The number of aromatic hydroxyl groups is 1. The summed E-state index contributed by atoms with van der Waals surface area (Å²) in [5, 5.41) is 31.5. The quantitative estimate of drug-likeness (QED) is 0.378. The summed E-state index contributed by atoms with van der Waals surface area (Å²) < 4.78 is 0. The van der Waals surface area contributed by atoms with Crippen molar-refractivity contribution in [3.05, 3.63) is 88.5 Å². The van der Waals surface area contributed by atoms with Crippen LogP contribution < -0.4 is 5.32 Å². The van der Waals surface area contributed by atoms with Gasteiger partial charge in [-0.3, -0.25) is 14.9 Å². The summed E-state index contributed by atoms with van der Waals surface area (Å²) in [7, 11) is 0. The number of benzene rings is 3. The third-order valence-corrected chi connectivity index (χ3v) is 3.62. The van der Waals surface area contributed by atoms with Crippen LogP contribution in [0.25, 0.3) is 0 Å². The largest absolute Gasteiger partial charge is 0.502 e. The summed E-state index contributed by atoms with van der Waals surface area (Å²) in [6.45, 7) is 0. The lowest BCUT2D eigenvalue weighted by atomic mass is 10.1. The summed E-state index contributed by atoms with van der Waals surface area (Å²) in [4.78, 5) is 22.4. The Morgan fingerprint density at radius 1 is 0.889 bits per heavy atom. The van der Waals surface area contributed by atoms with Crippen molar-refractivity contribution in [2.24, 2.45) is 10.2 Å². The normalized spacial score (nSPS) is 10.7. The van der Waals surface area contributed by atoms with Crippen molar-refractivity contribution in [2.45, 2.75) is 0 Å². The number of phenolic OH excluding ortho intramolecular Hbond substituents is 1. The van der Waals surface area contributed by atoms with E-state index >= 15 is 0 Å². The first-order chi connectivity index (χ1) is 13.0. The van der Waals surface area contributed by atoms with E-state index in [9.17, 15) is 20.0 Å². The van der Waals surface area contributed by atoms with Gasteiger partial charge in [-0.15, -0.1) is 0 Å². The van der Waals surface area contributed by atoms with Gasteiger partial charge in [-0.2, -0.15) is 10.2 Å². The smallest absolute Gasteiger partial charge is 0.311 e. The highest BCUT2D eigenvalue weighted by Crippen LogP contribution is 2.30. The number of anilines is 1. The van der Waals surface area contributed by atoms with E-state index in [1.165, 1.54) is 12.1 Å². The number of rotatable bonds is 5. The molecule has 0 atom stereocenters. The van der Waals surface area contributed by atoms with Crippen molar-refractivity contribution in [3.8, 4) is 5.75 Å². The van der Waals surface area contributed by atoms with E-state index < -0.39 is 22.3 Å². The van der Waals surface area contributed by atoms with Gasteiger partial charge >= 0.3 is 5.69 Å². The average molecular weight is 362 g/mol. The van der Waals surface area contributed by atoms with Crippen LogP contribution in [0.3, 0.4) is 0 Å². The molecule has 0 heterocycles. The number of carbonyl (C=O) groups is 1. The van der Waals surface area contributed by atoms with Gasteiger partial charge in [-0.1, -0.05) is 24.3 Å². The summed E-state index contributed by atoms with van der Waals surface area (Å²) >= 11 is 0. The lowest BCUT2D eigenvalue weighted by molar-refractivity contribution is -0.385. The first kappa shape index (κ1) is 17.7. The monoisotopic (exact) mass is 362 g/mol. The Morgan fingerprint density at radius 3 is 2.15 bits per heavy atom. The van der Waals surface area contributed by atoms with E-state index in [-0.39, 0.29) is 5.56 Å². The zero-order chi connectivity index (χ0) is 19.2. The van der Waals surface area contributed by atoms with Gasteiger partial charge in [0.05, 0.1) is 21.9 Å². The number of hydrogen-bond donors (Lipinski definition) is 2. The molecule has 8 heteroatoms. The van der Waals surface area contributed by atoms with Gasteiger partial charge in [0.25, 0.3) is 5.91 Å². The maximum Gasteiger partial charge on any atom is 0.311 e. The molecule has 1 amide bonds. The van der Waals surface area contributed by atoms with Crippen molar-refractivity contribution in [1.29, 1.82) is 0 Å². The summed E-state index contributed by atoms with van der Waals surface area (Å²) in [6, 6.07) is 19.6. The van der Waals surface area contributed by atoms with Gasteiger partial charge < -0.3 is 10.4 Å². The highest BCUT2D eigenvalue weighted by molar-refractivity contribution is 6.06. The number of nitrogens with one attached hydrogen (secondary N) is 1. The Labute approximate surface area is 154 Å². The molecule has 0 bridgehead atoms. The molecule has 0 spiro atoms. The van der Waals surface area contributed by atoms with Crippen molar-refractivity contribution in [3.63, 3.8) is 0 Å². The minimum atomic E-state index is -0.751. The zero-order valence-electron chi connectivity index (χ0n) is 13.9. The third-order valence-electron chi connectivity index (χ3n) is 3.62. The Bertz CT molecular complexity index is 1000. The molecule has 134 valence electrons. The fourth-order valence-electron chi connectivity index (χ4n) is 2.28. The number of para-hydroxylation sites is 1. The molecule has 0 radical (unpaired) electrons. The van der Waals surface area contributed by atoms with Crippen LogP contribution in [0.1, 0.15) is 10.4 Å². The number of carbonyl (C=O) groups excluding carboxylic acids is 1. The zero-order valence-corrected chi connectivity index (χ0v) is 13.9. The van der Waals surface area contributed by atoms with Gasteiger partial charge in [0.2, 0.25) is 5.75 Å². The van der Waals surface area contributed by atoms with Crippen LogP contribution in [0.5, 0.6) is 5.75 Å². The molecule has 0 aliphatic rings. The maximum atomic E-state index is 12.3. The standard InChI is InChI=1S/C19H14N4O4/c24-18-16(7-4-8-17(18)23(26)27)19(25)20-13-9-11-15(12-10-13)22-21-14-5-2-1-3-6-14/h1-12,24H,(H,20,25). The number of phenols is 1. The molecule has 0 saturated heterocycles. The van der Waals surface area contributed by atoms with Gasteiger partial charge in [-0.25, -0.2) is 0 Å². The lowest BCUT2D eigenvalue weighted by Gasteiger charge is -2.07. The number of amides is 1. The van der Waals surface area contributed by atoms with E-state index in [2.05, 4.69) is 15.5 Å². The number of nitro groups is 1. The molecule has 0 aromatic heterocycles. The summed E-state index contributed by atoms with van der Waals surface area (Å²) in [5.41, 5.74) is 1.05. The second kappa shape index (κ2) is 7.87. The van der Waals surface area contributed by atoms with E-state index in [0.717, 1.165) is 11.8 Å². The van der Waals surface area contributed by atoms with Crippen LogP contribution in [-0.4, -0.2) is 15.9 Å². The minimum Gasteiger partial charge on any atom is -0.502 e. The molecule has 8 nitrogen and oxygen atoms in total. The highest BCUT2D eigenvalue weighted by Gasteiger charge is 2.20. The van der Waals surface area contributed by atoms with Crippen LogP contribution in [0.15, 0.2) is 83.0 Å². The summed E-state index contributed by atoms with van der Waals surface area (Å²) in [5.74, 6) is -1.33. The molecule has 3 aromatic carbocycles. The highest BCUT2D eigenvalue weighted by atomic mass is 16.6. The van der Waals surface area contributed by atoms with E-state index in [4.69, 9.17) is 0 Å². The van der Waals surface area contributed by atoms with Crippen molar-refractivity contribution >= 4 is 28.7 Å². The molecule has 0 fully saturated rings. The fourth-order valence-corrected chi connectivity index (χ4v) is 2.28. The van der Waals surface area contributed by atoms with E-state index in [1.807, 2.05) is 30.3 Å². The van der Waals surface area contributed by atoms with Gasteiger partial charge in [-0.05, 0) is 42.5 Å². The molecule has 0 saturated carbocycles. The molecular formula is C19H14N4O4. The number of hydrogen-bond acceptors (Lipinski definition) is 6. The van der Waals surface area contributed by atoms with Gasteiger partial charge in [0.15, 0.2) is 0 Å². The lowest BCUT2D eigenvalue weighted by Crippen LogP contribution is -2.12. The number of azo groups is 1. The molecule has 0 aliphatic carbocycles. The summed E-state index contributed by atoms with van der Waals surface area (Å²) in [6.07, 6.45) is 0. The van der Waals surface area contributed by atoms with Crippen LogP contribution in [0.2, 0.25) is 0 Å². The molecule has 3 rings (SSSR count). The van der Waals surface area contributed by atoms with Gasteiger partial charge in [0.1, 0.15) is 0 Å². The van der Waals surface area contributed by atoms with Crippen molar-refractivity contribution in [2.75, 3.05) is 5.32 Å². The van der Waals surface area contributed by atoms with Crippen molar-refractivity contribution < 1.29 is 14.8 Å². The molecule has 3 aromatic rings. The molecular weight excluding hydrogens is 348 g/mol. The predicted octanol–water partition coefficient (Wildman–Crippen LogP) is 4.97. The first-order valence-electron chi connectivity index (χ1n) is 7.89. The first-order valence-corrected chi connectivity index (χ1v) is 7.89. The van der Waals surface area contributed by atoms with Crippen LogP contribution in [-0.2, 0) is 0 Å². The van der Waals surface area contributed by atoms with Crippen LogP contribution in [0, 0.1) is 10.1 Å². The van der Waals surface area contributed by atoms with E-state index in [1.54, 1.807) is 24.3 Å². The molecule has 2 N–H and O–H groups in total. The average Bonchev–Trinajstić information content (AvgIpc) is 2.68. The fraction of sp³-hybridized carbons (Fsp3) is 0. The third kappa shape index (κ3) is 4.31. The predicted molar refractivity (Wildman–Crippen MR) is 99.8 cm³/mol. The molecule has 0 aliphatic heterocycles. The van der Waals surface area contributed by atoms with Crippen LogP contribution in [0.4, 0.5) is 22.7 Å². The van der Waals surface area contributed by atoms with Crippen molar-refractivity contribution in [1.82, 2.24) is 0 Å². The van der Waals surface area contributed by atoms with E-state index in [0.29, 0.717) is 11.4 Å². The second-order valence-corrected chi connectivity index (χ2v) is 5.47. The Morgan fingerprint density at radius 2 is 1.52 bits per heavy atom. The second-order valence-electron chi connectivity index (χ2n) is 5.47. The Kier molecular flexibility index (Phi) is 5.17. The van der Waals surface area contributed by atoms with Gasteiger partial charge in [0, 0.05) is 11.8 Å². The molecule has 0 unspecified atom stereocenters. The topological polar surface area (TPSA) is 117 Å². The Balaban J connectivity index is 1.71. The minimum absolute atomic E-state index is 0.183. The SMILES string of the molecule is O=C(Nc1ccc(N=Nc2ccccc2)cc1)c1cccc([N+](=O)[O-])c1O.